The molecule has 0 aromatic carbocycles. The highest BCUT2D eigenvalue weighted by atomic mass is 15.1. The summed E-state index contributed by atoms with van der Waals surface area (Å²) in [5.41, 5.74) is 0. The Morgan fingerprint density at radius 1 is 0.850 bits per heavy atom. The van der Waals surface area contributed by atoms with Gasteiger partial charge in [0, 0.05) is 6.54 Å². The number of hydrogen-bond donors (Lipinski definition) is 0. The van der Waals surface area contributed by atoms with E-state index in [4.69, 9.17) is 0 Å². The van der Waals surface area contributed by atoms with Crippen LogP contribution in [0.25, 0.3) is 0 Å². The van der Waals surface area contributed by atoms with E-state index in [9.17, 15) is 0 Å². The van der Waals surface area contributed by atoms with Crippen molar-refractivity contribution < 1.29 is 0 Å². The van der Waals surface area contributed by atoms with Crippen molar-refractivity contribution >= 4 is 0 Å². The molecule has 0 N–H and O–H groups in total. The first-order chi connectivity index (χ1) is 9.56. The van der Waals surface area contributed by atoms with Crippen molar-refractivity contribution in [3.8, 4) is 0 Å². The average molecular weight is 280 g/mol. The fourth-order valence-corrected chi connectivity index (χ4v) is 4.09. The first-order valence-electron chi connectivity index (χ1n) is 8.97. The standard InChI is InChI=1S/C18H36N2/c1-15-7-11-20(12-8-16(15)2)13-9-18-6-5-10-19(4)14-17(18)3/h15-18H,5-14H2,1-4H3/t15-,16+,17-,18?/m0/s1. The Bertz CT molecular complexity index is 267. The van der Waals surface area contributed by atoms with E-state index in [0.717, 1.165) is 23.7 Å². The summed E-state index contributed by atoms with van der Waals surface area (Å²) in [4.78, 5) is 5.28. The summed E-state index contributed by atoms with van der Waals surface area (Å²) in [6.07, 6.45) is 7.09. The van der Waals surface area contributed by atoms with Gasteiger partial charge in [-0.05, 0) is 89.0 Å². The first kappa shape index (κ1) is 16.3. The molecule has 0 spiro atoms. The Hall–Kier alpha value is -0.0800. The van der Waals surface area contributed by atoms with Crippen LogP contribution in [0.15, 0.2) is 0 Å². The number of likely N-dealkylation sites (tertiary alicyclic amines) is 2. The number of rotatable bonds is 3. The lowest BCUT2D eigenvalue weighted by Crippen LogP contribution is -2.30. The molecule has 2 nitrogen and oxygen atoms in total. The smallest absolute Gasteiger partial charge is 0.000662 e. The molecule has 0 radical (unpaired) electrons. The van der Waals surface area contributed by atoms with Gasteiger partial charge in [0.1, 0.15) is 0 Å². The summed E-state index contributed by atoms with van der Waals surface area (Å²) >= 11 is 0. The second-order valence-corrected chi connectivity index (χ2v) is 7.80. The topological polar surface area (TPSA) is 6.48 Å². The van der Waals surface area contributed by atoms with Crippen molar-refractivity contribution in [2.24, 2.45) is 23.7 Å². The lowest BCUT2D eigenvalue weighted by molar-refractivity contribution is 0.217. The van der Waals surface area contributed by atoms with Gasteiger partial charge in [0.2, 0.25) is 0 Å². The van der Waals surface area contributed by atoms with Gasteiger partial charge in [0.15, 0.2) is 0 Å². The lowest BCUT2D eigenvalue weighted by Gasteiger charge is -2.27. The SMILES string of the molecule is C[C@@H]1CCN(CCC2CCCN(C)C[C@@H]2C)CC[C@@H]1C. The lowest BCUT2D eigenvalue weighted by atomic mass is 9.88. The van der Waals surface area contributed by atoms with E-state index in [1.807, 2.05) is 0 Å². The van der Waals surface area contributed by atoms with Crippen molar-refractivity contribution in [3.05, 3.63) is 0 Å². The van der Waals surface area contributed by atoms with E-state index in [-0.39, 0.29) is 0 Å². The van der Waals surface area contributed by atoms with Crippen molar-refractivity contribution in [1.82, 2.24) is 9.80 Å². The van der Waals surface area contributed by atoms with Gasteiger partial charge in [-0.15, -0.1) is 0 Å². The normalized spacial score (nSPS) is 38.4. The predicted octanol–water partition coefficient (Wildman–Crippen LogP) is 3.72. The van der Waals surface area contributed by atoms with Crippen LogP contribution in [0.2, 0.25) is 0 Å². The van der Waals surface area contributed by atoms with Crippen LogP contribution >= 0.6 is 0 Å². The molecule has 0 bridgehead atoms. The van der Waals surface area contributed by atoms with Crippen molar-refractivity contribution in [2.75, 3.05) is 39.8 Å². The van der Waals surface area contributed by atoms with Gasteiger partial charge in [-0.1, -0.05) is 20.8 Å². The maximum absolute atomic E-state index is 2.75. The van der Waals surface area contributed by atoms with Crippen molar-refractivity contribution in [1.29, 1.82) is 0 Å². The number of nitrogens with zero attached hydrogens (tertiary/aromatic N) is 2. The van der Waals surface area contributed by atoms with Gasteiger partial charge in [0.25, 0.3) is 0 Å². The molecule has 2 heterocycles. The Labute approximate surface area is 126 Å². The molecule has 20 heavy (non-hydrogen) atoms. The van der Waals surface area contributed by atoms with E-state index in [0.29, 0.717) is 0 Å². The van der Waals surface area contributed by atoms with Gasteiger partial charge in [-0.25, -0.2) is 0 Å². The predicted molar refractivity (Wildman–Crippen MR) is 88.0 cm³/mol. The van der Waals surface area contributed by atoms with Crippen LogP contribution in [-0.2, 0) is 0 Å². The Balaban J connectivity index is 1.76. The highest BCUT2D eigenvalue weighted by molar-refractivity contribution is 4.77. The first-order valence-corrected chi connectivity index (χ1v) is 8.97. The van der Waals surface area contributed by atoms with Gasteiger partial charge >= 0.3 is 0 Å². The largest absolute Gasteiger partial charge is 0.306 e. The fourth-order valence-electron chi connectivity index (χ4n) is 4.09. The second-order valence-electron chi connectivity index (χ2n) is 7.80. The summed E-state index contributed by atoms with van der Waals surface area (Å²) in [5.74, 6) is 3.68. The number of hydrogen-bond acceptors (Lipinski definition) is 2. The summed E-state index contributed by atoms with van der Waals surface area (Å²) < 4.78 is 0. The van der Waals surface area contributed by atoms with E-state index in [2.05, 4.69) is 37.6 Å². The Morgan fingerprint density at radius 3 is 2.15 bits per heavy atom. The minimum Gasteiger partial charge on any atom is -0.306 e. The Morgan fingerprint density at radius 2 is 1.50 bits per heavy atom. The minimum atomic E-state index is 0.882. The maximum Gasteiger partial charge on any atom is 0.000662 e. The summed E-state index contributed by atoms with van der Waals surface area (Å²) in [5, 5.41) is 0. The van der Waals surface area contributed by atoms with Crippen LogP contribution in [0, 0.1) is 23.7 Å². The molecule has 2 saturated heterocycles. The highest BCUT2D eigenvalue weighted by Gasteiger charge is 2.24. The molecule has 2 fully saturated rings. The van der Waals surface area contributed by atoms with E-state index < -0.39 is 0 Å². The van der Waals surface area contributed by atoms with Crippen LogP contribution in [-0.4, -0.2) is 49.6 Å². The zero-order chi connectivity index (χ0) is 14.5. The van der Waals surface area contributed by atoms with Gasteiger partial charge in [-0.3, -0.25) is 0 Å². The summed E-state index contributed by atoms with van der Waals surface area (Å²) in [7, 11) is 2.29. The molecular weight excluding hydrogens is 244 g/mol. The van der Waals surface area contributed by atoms with E-state index >= 15 is 0 Å². The zero-order valence-corrected chi connectivity index (χ0v) is 14.3. The van der Waals surface area contributed by atoms with Crippen molar-refractivity contribution in [3.63, 3.8) is 0 Å². The van der Waals surface area contributed by atoms with Crippen LogP contribution < -0.4 is 0 Å². The highest BCUT2D eigenvalue weighted by Crippen LogP contribution is 2.27. The molecule has 2 heteroatoms. The molecule has 0 amide bonds. The molecule has 118 valence electrons. The minimum absolute atomic E-state index is 0.882. The van der Waals surface area contributed by atoms with E-state index in [1.165, 1.54) is 64.8 Å². The third kappa shape index (κ3) is 4.73. The molecule has 0 aromatic heterocycles. The van der Waals surface area contributed by atoms with Crippen molar-refractivity contribution in [2.45, 2.75) is 52.9 Å². The molecule has 4 atom stereocenters. The van der Waals surface area contributed by atoms with Crippen LogP contribution in [0.4, 0.5) is 0 Å². The van der Waals surface area contributed by atoms with Gasteiger partial charge in [-0.2, -0.15) is 0 Å². The van der Waals surface area contributed by atoms with Crippen LogP contribution in [0.3, 0.4) is 0 Å². The molecular formula is C18H36N2. The summed E-state index contributed by atoms with van der Waals surface area (Å²) in [6, 6.07) is 0. The third-order valence-corrected chi connectivity index (χ3v) is 6.11. The third-order valence-electron chi connectivity index (χ3n) is 6.11. The Kier molecular flexibility index (Phi) is 6.35. The molecule has 2 aliphatic rings. The summed E-state index contributed by atoms with van der Waals surface area (Å²) in [6.45, 7) is 14.0. The molecule has 0 saturated carbocycles. The molecule has 0 aliphatic carbocycles. The van der Waals surface area contributed by atoms with E-state index in [1.54, 1.807) is 0 Å². The monoisotopic (exact) mass is 280 g/mol. The second kappa shape index (κ2) is 7.79. The molecule has 0 aromatic rings. The quantitative estimate of drug-likeness (QED) is 0.777. The molecule has 2 rings (SSSR count). The van der Waals surface area contributed by atoms with Crippen LogP contribution in [0.5, 0.6) is 0 Å². The fraction of sp³-hybridized carbons (Fsp3) is 1.00. The molecule has 1 unspecified atom stereocenters. The maximum atomic E-state index is 2.75. The van der Waals surface area contributed by atoms with Gasteiger partial charge < -0.3 is 9.80 Å². The van der Waals surface area contributed by atoms with Crippen LogP contribution in [0.1, 0.15) is 52.9 Å². The zero-order valence-electron chi connectivity index (χ0n) is 14.3. The molecule has 2 aliphatic heterocycles. The van der Waals surface area contributed by atoms with Gasteiger partial charge in [0.05, 0.1) is 0 Å². The average Bonchev–Trinajstić information content (AvgIpc) is 2.67.